The highest BCUT2D eigenvalue weighted by molar-refractivity contribution is 4.80. The molecule has 27 heavy (non-hydrogen) atoms. The van der Waals surface area contributed by atoms with Crippen LogP contribution in [0.1, 0.15) is 130 Å². The molecule has 0 N–H and O–H groups in total. The van der Waals surface area contributed by atoms with E-state index in [4.69, 9.17) is 4.74 Å². The third-order valence-electron chi connectivity index (χ3n) is 6.41. The molecule has 1 aliphatic rings. The lowest BCUT2D eigenvalue weighted by molar-refractivity contribution is 0.179. The van der Waals surface area contributed by atoms with Crippen molar-refractivity contribution in [3.8, 4) is 0 Å². The SMILES string of the molecule is CCCCCCCCCCCCCCCCCC(CC1CO1)N(CC)CC. The van der Waals surface area contributed by atoms with Gasteiger partial charge < -0.3 is 9.64 Å². The highest BCUT2D eigenvalue weighted by atomic mass is 16.6. The molecule has 0 bridgehead atoms. The van der Waals surface area contributed by atoms with E-state index in [9.17, 15) is 0 Å². The van der Waals surface area contributed by atoms with Crippen LogP contribution in [0.2, 0.25) is 0 Å². The van der Waals surface area contributed by atoms with E-state index in [1.807, 2.05) is 0 Å². The minimum atomic E-state index is 0.576. The van der Waals surface area contributed by atoms with Gasteiger partial charge >= 0.3 is 0 Å². The Balaban J connectivity index is 1.84. The number of nitrogens with zero attached hydrogens (tertiary/aromatic N) is 1. The molecule has 0 amide bonds. The van der Waals surface area contributed by atoms with E-state index in [0.717, 1.165) is 12.6 Å². The third kappa shape index (κ3) is 14.6. The van der Waals surface area contributed by atoms with Crippen LogP contribution in [-0.4, -0.2) is 36.7 Å². The van der Waals surface area contributed by atoms with Gasteiger partial charge in [0.25, 0.3) is 0 Å². The van der Waals surface area contributed by atoms with Crippen LogP contribution in [0.3, 0.4) is 0 Å². The second kappa shape index (κ2) is 18.0. The lowest BCUT2D eigenvalue weighted by atomic mass is 10.00. The third-order valence-corrected chi connectivity index (χ3v) is 6.41. The van der Waals surface area contributed by atoms with E-state index in [0.29, 0.717) is 6.10 Å². The number of hydrogen-bond donors (Lipinski definition) is 0. The van der Waals surface area contributed by atoms with Crippen molar-refractivity contribution in [3.05, 3.63) is 0 Å². The predicted octanol–water partition coefficient (Wildman–Crippen LogP) is 7.75. The molecule has 1 rings (SSSR count). The molecule has 0 saturated carbocycles. The maximum Gasteiger partial charge on any atom is 0.0824 e. The van der Waals surface area contributed by atoms with Gasteiger partial charge in [0.2, 0.25) is 0 Å². The molecule has 0 aromatic heterocycles. The van der Waals surface area contributed by atoms with Gasteiger partial charge in [-0.15, -0.1) is 0 Å². The van der Waals surface area contributed by atoms with Crippen LogP contribution >= 0.6 is 0 Å². The molecular formula is C25H51NO. The quantitative estimate of drug-likeness (QED) is 0.149. The largest absolute Gasteiger partial charge is 0.373 e. The molecule has 0 radical (unpaired) electrons. The molecule has 2 unspecified atom stereocenters. The van der Waals surface area contributed by atoms with Gasteiger partial charge in [-0.2, -0.15) is 0 Å². The summed E-state index contributed by atoms with van der Waals surface area (Å²) in [5, 5.41) is 0. The lowest BCUT2D eigenvalue weighted by Gasteiger charge is -2.29. The fourth-order valence-electron chi connectivity index (χ4n) is 4.45. The molecular weight excluding hydrogens is 330 g/mol. The maximum atomic E-state index is 5.48. The van der Waals surface area contributed by atoms with Gasteiger partial charge in [0.05, 0.1) is 12.7 Å². The molecule has 0 aromatic rings. The van der Waals surface area contributed by atoms with Crippen LogP contribution in [0.25, 0.3) is 0 Å². The van der Waals surface area contributed by atoms with Crippen LogP contribution in [0, 0.1) is 0 Å². The van der Waals surface area contributed by atoms with E-state index >= 15 is 0 Å². The average Bonchev–Trinajstić information content (AvgIpc) is 3.49. The molecule has 1 fully saturated rings. The number of epoxide rings is 1. The van der Waals surface area contributed by atoms with Crippen LogP contribution in [-0.2, 0) is 4.74 Å². The summed E-state index contributed by atoms with van der Waals surface area (Å²) in [7, 11) is 0. The fourth-order valence-corrected chi connectivity index (χ4v) is 4.45. The summed E-state index contributed by atoms with van der Waals surface area (Å²) in [5.74, 6) is 0. The Morgan fingerprint density at radius 1 is 0.667 bits per heavy atom. The highest BCUT2D eigenvalue weighted by Crippen LogP contribution is 2.23. The monoisotopic (exact) mass is 381 g/mol. The lowest BCUT2D eigenvalue weighted by Crippen LogP contribution is -2.36. The first-order valence-electron chi connectivity index (χ1n) is 12.7. The molecule has 162 valence electrons. The molecule has 1 saturated heterocycles. The standard InChI is InChI=1S/C25H51NO/c1-4-7-8-9-10-11-12-13-14-15-16-17-18-19-20-21-24(22-25-23-27-25)26(5-2)6-3/h24-25H,4-23H2,1-3H3. The zero-order valence-corrected chi connectivity index (χ0v) is 19.2. The van der Waals surface area contributed by atoms with Crippen molar-refractivity contribution in [3.63, 3.8) is 0 Å². The Labute approximate surface area is 171 Å². The molecule has 2 heteroatoms. The smallest absolute Gasteiger partial charge is 0.0824 e. The van der Waals surface area contributed by atoms with Gasteiger partial charge in [-0.05, 0) is 25.9 Å². The Kier molecular flexibility index (Phi) is 16.6. The predicted molar refractivity (Wildman–Crippen MR) is 121 cm³/mol. The van der Waals surface area contributed by atoms with E-state index in [-0.39, 0.29) is 0 Å². The van der Waals surface area contributed by atoms with Crippen molar-refractivity contribution in [2.75, 3.05) is 19.7 Å². The second-order valence-electron chi connectivity index (χ2n) is 8.80. The van der Waals surface area contributed by atoms with Gasteiger partial charge in [0.15, 0.2) is 0 Å². The van der Waals surface area contributed by atoms with Crippen LogP contribution in [0.5, 0.6) is 0 Å². The summed E-state index contributed by atoms with van der Waals surface area (Å²) in [6.07, 6.45) is 25.0. The van der Waals surface area contributed by atoms with E-state index in [1.54, 1.807) is 0 Å². The summed E-state index contributed by atoms with van der Waals surface area (Å²) >= 11 is 0. The first-order chi connectivity index (χ1) is 13.3. The summed E-state index contributed by atoms with van der Waals surface area (Å²) in [6.45, 7) is 10.3. The Bertz CT molecular complexity index is 299. The van der Waals surface area contributed by atoms with Gasteiger partial charge in [-0.25, -0.2) is 0 Å². The first kappa shape index (κ1) is 25.0. The zero-order chi connectivity index (χ0) is 19.6. The second-order valence-corrected chi connectivity index (χ2v) is 8.80. The van der Waals surface area contributed by atoms with Gasteiger partial charge in [-0.3, -0.25) is 0 Å². The van der Waals surface area contributed by atoms with E-state index in [1.165, 1.54) is 122 Å². The summed E-state index contributed by atoms with van der Waals surface area (Å²) < 4.78 is 5.48. The highest BCUT2D eigenvalue weighted by Gasteiger charge is 2.28. The molecule has 2 atom stereocenters. The first-order valence-corrected chi connectivity index (χ1v) is 12.7. The molecule has 0 aromatic carbocycles. The fraction of sp³-hybridized carbons (Fsp3) is 1.00. The van der Waals surface area contributed by atoms with E-state index in [2.05, 4.69) is 25.7 Å². The minimum Gasteiger partial charge on any atom is -0.373 e. The number of hydrogen-bond acceptors (Lipinski definition) is 2. The Morgan fingerprint density at radius 2 is 1.07 bits per heavy atom. The van der Waals surface area contributed by atoms with Crippen molar-refractivity contribution in [2.45, 2.75) is 142 Å². The number of unbranched alkanes of at least 4 members (excludes halogenated alkanes) is 14. The van der Waals surface area contributed by atoms with Crippen molar-refractivity contribution in [1.29, 1.82) is 0 Å². The normalized spacial score (nSPS) is 17.6. The topological polar surface area (TPSA) is 15.8 Å². The Hall–Kier alpha value is -0.0800. The molecule has 2 nitrogen and oxygen atoms in total. The maximum absolute atomic E-state index is 5.48. The Morgan fingerprint density at radius 3 is 1.44 bits per heavy atom. The average molecular weight is 382 g/mol. The number of rotatable bonds is 21. The van der Waals surface area contributed by atoms with E-state index < -0.39 is 0 Å². The molecule has 0 spiro atoms. The zero-order valence-electron chi connectivity index (χ0n) is 19.2. The van der Waals surface area contributed by atoms with Gasteiger partial charge in [0, 0.05) is 6.04 Å². The summed E-state index contributed by atoms with van der Waals surface area (Å²) in [5.41, 5.74) is 0. The van der Waals surface area contributed by atoms with Crippen molar-refractivity contribution in [1.82, 2.24) is 4.90 Å². The van der Waals surface area contributed by atoms with Crippen LogP contribution in [0.15, 0.2) is 0 Å². The van der Waals surface area contributed by atoms with Gasteiger partial charge in [0.1, 0.15) is 0 Å². The van der Waals surface area contributed by atoms with Crippen LogP contribution < -0.4 is 0 Å². The van der Waals surface area contributed by atoms with Crippen LogP contribution in [0.4, 0.5) is 0 Å². The van der Waals surface area contributed by atoms with Crippen molar-refractivity contribution in [2.24, 2.45) is 0 Å². The molecule has 1 aliphatic heterocycles. The number of ether oxygens (including phenoxy) is 1. The van der Waals surface area contributed by atoms with Crippen molar-refractivity contribution >= 4 is 0 Å². The van der Waals surface area contributed by atoms with Crippen molar-refractivity contribution < 1.29 is 4.74 Å². The molecule has 0 aliphatic carbocycles. The molecule has 1 heterocycles. The minimum absolute atomic E-state index is 0.576. The summed E-state index contributed by atoms with van der Waals surface area (Å²) in [6, 6.07) is 0.759. The summed E-state index contributed by atoms with van der Waals surface area (Å²) in [4.78, 5) is 2.64. The van der Waals surface area contributed by atoms with Gasteiger partial charge in [-0.1, -0.05) is 117 Å².